The van der Waals surface area contributed by atoms with Crippen LogP contribution in [-0.4, -0.2) is 25.5 Å². The summed E-state index contributed by atoms with van der Waals surface area (Å²) in [4.78, 5) is 25.0. The fourth-order valence-electron chi connectivity index (χ4n) is 2.50. The highest BCUT2D eigenvalue weighted by molar-refractivity contribution is 6.09. The molecular weight excluding hydrogens is 342 g/mol. The van der Waals surface area contributed by atoms with Gasteiger partial charge in [-0.1, -0.05) is 24.3 Å². The van der Waals surface area contributed by atoms with Gasteiger partial charge in [-0.3, -0.25) is 9.59 Å². The van der Waals surface area contributed by atoms with Gasteiger partial charge in [0.15, 0.2) is 0 Å². The SMILES string of the molecule is COc1ccccc1CCNC(=O)C(C)(C)C(=O)Nc1cccc(C#N)c1. The van der Waals surface area contributed by atoms with Gasteiger partial charge in [-0.05, 0) is 50.1 Å². The summed E-state index contributed by atoms with van der Waals surface area (Å²) in [5, 5.41) is 14.4. The number of anilines is 1. The molecule has 0 aliphatic rings. The summed E-state index contributed by atoms with van der Waals surface area (Å²) in [6.45, 7) is 3.52. The molecule has 0 saturated heterocycles. The Morgan fingerprint density at radius 2 is 1.85 bits per heavy atom. The normalized spacial score (nSPS) is 10.6. The van der Waals surface area contributed by atoms with Gasteiger partial charge in [0.25, 0.3) is 0 Å². The summed E-state index contributed by atoms with van der Waals surface area (Å²) in [6, 6.07) is 16.2. The van der Waals surface area contributed by atoms with Crippen LogP contribution in [0.25, 0.3) is 0 Å². The van der Waals surface area contributed by atoms with Crippen molar-refractivity contribution in [3.05, 3.63) is 59.7 Å². The van der Waals surface area contributed by atoms with Crippen LogP contribution in [0.2, 0.25) is 0 Å². The van der Waals surface area contributed by atoms with Crippen molar-refractivity contribution in [1.82, 2.24) is 5.32 Å². The van der Waals surface area contributed by atoms with E-state index >= 15 is 0 Å². The largest absolute Gasteiger partial charge is 0.496 e. The van der Waals surface area contributed by atoms with Crippen LogP contribution >= 0.6 is 0 Å². The summed E-state index contributed by atoms with van der Waals surface area (Å²) in [6.07, 6.45) is 0.595. The van der Waals surface area contributed by atoms with Crippen LogP contribution in [0.4, 0.5) is 5.69 Å². The van der Waals surface area contributed by atoms with E-state index in [1.54, 1.807) is 45.2 Å². The Balaban J connectivity index is 1.95. The summed E-state index contributed by atoms with van der Waals surface area (Å²) in [5.41, 5.74) is 0.639. The van der Waals surface area contributed by atoms with E-state index in [0.29, 0.717) is 24.2 Å². The van der Waals surface area contributed by atoms with E-state index in [-0.39, 0.29) is 5.91 Å². The molecule has 2 amide bonds. The Bertz CT molecular complexity index is 869. The first-order chi connectivity index (χ1) is 12.9. The van der Waals surface area contributed by atoms with Gasteiger partial charge in [0.2, 0.25) is 11.8 Å². The lowest BCUT2D eigenvalue weighted by Gasteiger charge is -2.23. The van der Waals surface area contributed by atoms with Crippen LogP contribution in [-0.2, 0) is 16.0 Å². The van der Waals surface area contributed by atoms with E-state index in [1.165, 1.54) is 0 Å². The molecule has 0 atom stereocenters. The molecular formula is C21H23N3O3. The van der Waals surface area contributed by atoms with Crippen molar-refractivity contribution >= 4 is 17.5 Å². The second-order valence-electron chi connectivity index (χ2n) is 6.59. The monoisotopic (exact) mass is 365 g/mol. The Hall–Kier alpha value is -3.33. The minimum atomic E-state index is -1.26. The number of carbonyl (C=O) groups excluding carboxylic acids is 2. The van der Waals surface area contributed by atoms with E-state index in [2.05, 4.69) is 10.6 Å². The summed E-state index contributed by atoms with van der Waals surface area (Å²) < 4.78 is 5.29. The van der Waals surface area contributed by atoms with Crippen molar-refractivity contribution in [3.63, 3.8) is 0 Å². The predicted octanol–water partition coefficient (Wildman–Crippen LogP) is 2.89. The number of rotatable bonds is 7. The van der Waals surface area contributed by atoms with Crippen molar-refractivity contribution in [3.8, 4) is 11.8 Å². The summed E-state index contributed by atoms with van der Waals surface area (Å²) in [5.74, 6) is -0.0418. The molecule has 0 saturated carbocycles. The van der Waals surface area contributed by atoms with Crippen LogP contribution in [0.3, 0.4) is 0 Å². The number of amides is 2. The highest BCUT2D eigenvalue weighted by Crippen LogP contribution is 2.20. The van der Waals surface area contributed by atoms with Gasteiger partial charge in [-0.2, -0.15) is 5.26 Å². The van der Waals surface area contributed by atoms with Crippen molar-refractivity contribution in [2.24, 2.45) is 5.41 Å². The molecule has 0 aromatic heterocycles. The third-order valence-corrected chi connectivity index (χ3v) is 4.26. The van der Waals surface area contributed by atoms with Crippen molar-refractivity contribution in [2.45, 2.75) is 20.3 Å². The Morgan fingerprint density at radius 3 is 2.56 bits per heavy atom. The number of hydrogen-bond acceptors (Lipinski definition) is 4. The van der Waals surface area contributed by atoms with Crippen LogP contribution in [0, 0.1) is 16.7 Å². The molecule has 0 aliphatic carbocycles. The van der Waals surface area contributed by atoms with Crippen molar-refractivity contribution < 1.29 is 14.3 Å². The minimum Gasteiger partial charge on any atom is -0.496 e. The van der Waals surface area contributed by atoms with E-state index in [4.69, 9.17) is 10.00 Å². The fraction of sp³-hybridized carbons (Fsp3) is 0.286. The quantitative estimate of drug-likeness (QED) is 0.738. The Kier molecular flexibility index (Phi) is 6.56. The van der Waals surface area contributed by atoms with Gasteiger partial charge in [-0.15, -0.1) is 0 Å². The number of ether oxygens (including phenoxy) is 1. The molecule has 2 rings (SSSR count). The molecule has 0 bridgehead atoms. The number of nitriles is 1. The molecule has 27 heavy (non-hydrogen) atoms. The first-order valence-electron chi connectivity index (χ1n) is 8.60. The molecule has 2 N–H and O–H groups in total. The van der Waals surface area contributed by atoms with Gasteiger partial charge >= 0.3 is 0 Å². The second-order valence-corrected chi connectivity index (χ2v) is 6.59. The van der Waals surface area contributed by atoms with E-state index in [1.807, 2.05) is 30.3 Å². The minimum absolute atomic E-state index is 0.369. The maximum absolute atomic E-state index is 12.5. The van der Waals surface area contributed by atoms with Gasteiger partial charge in [0.05, 0.1) is 18.7 Å². The average molecular weight is 365 g/mol. The van der Waals surface area contributed by atoms with Gasteiger partial charge in [0.1, 0.15) is 11.2 Å². The summed E-state index contributed by atoms with van der Waals surface area (Å²) in [7, 11) is 1.60. The van der Waals surface area contributed by atoms with E-state index < -0.39 is 11.3 Å². The maximum Gasteiger partial charge on any atom is 0.239 e. The Morgan fingerprint density at radius 1 is 1.11 bits per heavy atom. The molecule has 2 aromatic rings. The number of benzene rings is 2. The molecule has 0 unspecified atom stereocenters. The molecule has 0 radical (unpaired) electrons. The van der Waals surface area contributed by atoms with Crippen molar-refractivity contribution in [2.75, 3.05) is 19.0 Å². The van der Waals surface area contributed by atoms with Gasteiger partial charge in [-0.25, -0.2) is 0 Å². The number of nitrogens with zero attached hydrogens (tertiary/aromatic N) is 1. The van der Waals surface area contributed by atoms with Gasteiger partial charge in [0, 0.05) is 12.2 Å². The zero-order chi connectivity index (χ0) is 19.9. The lowest BCUT2D eigenvalue weighted by atomic mass is 9.90. The second kappa shape index (κ2) is 8.86. The summed E-state index contributed by atoms with van der Waals surface area (Å²) >= 11 is 0. The van der Waals surface area contributed by atoms with Crippen LogP contribution in [0.1, 0.15) is 25.0 Å². The molecule has 2 aromatic carbocycles. The van der Waals surface area contributed by atoms with Gasteiger partial charge < -0.3 is 15.4 Å². The smallest absolute Gasteiger partial charge is 0.239 e. The highest BCUT2D eigenvalue weighted by Gasteiger charge is 2.35. The lowest BCUT2D eigenvalue weighted by Crippen LogP contribution is -2.45. The van der Waals surface area contributed by atoms with Crippen molar-refractivity contribution in [1.29, 1.82) is 5.26 Å². The Labute approximate surface area is 159 Å². The van der Waals surface area contributed by atoms with E-state index in [0.717, 1.165) is 11.3 Å². The highest BCUT2D eigenvalue weighted by atomic mass is 16.5. The first-order valence-corrected chi connectivity index (χ1v) is 8.60. The lowest BCUT2D eigenvalue weighted by molar-refractivity contribution is -0.138. The number of hydrogen-bond donors (Lipinski definition) is 2. The number of nitrogens with one attached hydrogen (secondary N) is 2. The molecule has 0 heterocycles. The van der Waals surface area contributed by atoms with Crippen LogP contribution < -0.4 is 15.4 Å². The predicted molar refractivity (Wildman–Crippen MR) is 103 cm³/mol. The first kappa shape index (κ1) is 20.0. The topological polar surface area (TPSA) is 91.2 Å². The maximum atomic E-state index is 12.5. The third kappa shape index (κ3) is 5.08. The molecule has 0 fully saturated rings. The standard InChI is InChI=1S/C21H23N3O3/c1-21(2,20(26)24-17-9-6-7-15(13-17)14-22)19(25)23-12-11-16-8-4-5-10-18(16)27-3/h4-10,13H,11-12H2,1-3H3,(H,23,25)(H,24,26). The third-order valence-electron chi connectivity index (χ3n) is 4.26. The van der Waals surface area contributed by atoms with Crippen LogP contribution in [0.15, 0.2) is 48.5 Å². The van der Waals surface area contributed by atoms with Crippen LogP contribution in [0.5, 0.6) is 5.75 Å². The number of para-hydroxylation sites is 1. The number of carbonyl (C=O) groups is 2. The molecule has 0 spiro atoms. The molecule has 140 valence electrons. The molecule has 6 nitrogen and oxygen atoms in total. The zero-order valence-electron chi connectivity index (χ0n) is 15.7. The molecule has 0 aliphatic heterocycles. The zero-order valence-corrected chi connectivity index (χ0v) is 15.7. The average Bonchev–Trinajstić information content (AvgIpc) is 2.68. The fourth-order valence-corrected chi connectivity index (χ4v) is 2.50. The number of methoxy groups -OCH3 is 1. The van der Waals surface area contributed by atoms with E-state index in [9.17, 15) is 9.59 Å². The molecule has 6 heteroatoms.